The zero-order valence-corrected chi connectivity index (χ0v) is 44.1. The number of primary amides is 2. The van der Waals surface area contributed by atoms with Gasteiger partial charge in [-0.2, -0.15) is 0 Å². The minimum atomic E-state index is -1.51. The first-order chi connectivity index (χ1) is 36.4. The number of fused-ring (bicyclic) bond motifs is 2. The van der Waals surface area contributed by atoms with Gasteiger partial charge in [-0.3, -0.25) is 43.2 Å². The molecule has 0 saturated carbocycles. The average Bonchev–Trinajstić information content (AvgIpc) is 4.18. The molecule has 21 heteroatoms. The third kappa shape index (κ3) is 15.6. The Morgan fingerprint density at radius 1 is 0.816 bits per heavy atom. The van der Waals surface area contributed by atoms with Crippen molar-refractivity contribution in [1.29, 1.82) is 0 Å². The van der Waals surface area contributed by atoms with Crippen molar-refractivity contribution in [1.82, 2.24) is 46.1 Å². The molecule has 0 unspecified atom stereocenters. The van der Waals surface area contributed by atoms with Crippen LogP contribution in [0.4, 0.5) is 0 Å². The number of Topliss-reactive ketones (excluding diaryl/α,β-unsaturated/α-hetero) is 2. The van der Waals surface area contributed by atoms with Crippen LogP contribution in [-0.2, 0) is 62.4 Å². The number of hydrogen-bond acceptors (Lipinski definition) is 12. The molecule has 2 fully saturated rings. The second-order valence-electron chi connectivity index (χ2n) is 20.7. The highest BCUT2D eigenvalue weighted by atomic mass is 16.2. The summed E-state index contributed by atoms with van der Waals surface area (Å²) >= 11 is 0. The number of nitrogens with zero attached hydrogens (tertiary/aromatic N) is 4. The molecule has 2 aromatic heterocycles. The Kier molecular flexibility index (Phi) is 21.0. The van der Waals surface area contributed by atoms with E-state index >= 15 is 9.59 Å². The molecule has 4 aromatic rings. The van der Waals surface area contributed by atoms with Crippen molar-refractivity contribution in [3.05, 3.63) is 83.8 Å². The number of para-hydroxylation sites is 1. The van der Waals surface area contributed by atoms with Crippen LogP contribution in [0, 0.1) is 23.7 Å². The molecule has 11 N–H and O–H groups in total. The Morgan fingerprint density at radius 3 is 2.25 bits per heavy atom. The number of aryl methyl sites for hydroxylation is 2. The Bertz CT molecular complexity index is 2690. The number of carbonyl (C=O) groups excluding carboxylic acids is 9. The van der Waals surface area contributed by atoms with E-state index in [0.29, 0.717) is 49.8 Å². The Hall–Kier alpha value is -7.29. The smallest absolute Gasteiger partial charge is 0.243 e. The SMILES string of the molecule is CC[C@H](C)[C@H](N)C(=O)C[C@H]1CCC(=O)NCCCC[C@@H](C(N)=O)NC(=O)[C@H](Cc2c[nH]c3ccccc23)NC(=O)[C@@H]2C[C@H](n3cc(CCc4ccccc4)nn3)CN2C(=O)[C@H]([C@@H](C)CC)CC(=O)[C@H](CC(N)=O)NC1=O. The normalized spacial score (nSPS) is 24.3. The summed E-state index contributed by atoms with van der Waals surface area (Å²) < 4.78 is 1.63. The summed E-state index contributed by atoms with van der Waals surface area (Å²) in [4.78, 5) is 130. The first-order valence-electron chi connectivity index (χ1n) is 26.7. The molecule has 0 bridgehead atoms. The number of carbonyl (C=O) groups is 9. The molecular formula is C55H76N12O9. The molecule has 0 aliphatic carbocycles. The van der Waals surface area contributed by atoms with Crippen LogP contribution in [0.3, 0.4) is 0 Å². The summed E-state index contributed by atoms with van der Waals surface area (Å²) in [6.07, 6.45) is 4.89. The summed E-state index contributed by atoms with van der Waals surface area (Å²) in [5.74, 6) is -8.86. The van der Waals surface area contributed by atoms with Gasteiger partial charge in [-0.1, -0.05) is 94.3 Å². The Morgan fingerprint density at radius 2 is 1.54 bits per heavy atom. The molecule has 10 atom stereocenters. The van der Waals surface area contributed by atoms with Gasteiger partial charge in [0.15, 0.2) is 11.6 Å². The highest BCUT2D eigenvalue weighted by Crippen LogP contribution is 2.33. The number of aromatic nitrogens is 4. The summed E-state index contributed by atoms with van der Waals surface area (Å²) in [5.41, 5.74) is 21.1. The molecule has 2 aromatic carbocycles. The number of ketones is 2. The van der Waals surface area contributed by atoms with Gasteiger partial charge in [0, 0.05) is 80.3 Å². The van der Waals surface area contributed by atoms with Gasteiger partial charge >= 0.3 is 0 Å². The molecule has 410 valence electrons. The lowest BCUT2D eigenvalue weighted by molar-refractivity contribution is -0.145. The lowest BCUT2D eigenvalue weighted by atomic mass is 9.84. The molecule has 2 aliphatic rings. The molecule has 6 rings (SSSR count). The van der Waals surface area contributed by atoms with Crippen LogP contribution >= 0.6 is 0 Å². The third-order valence-electron chi connectivity index (χ3n) is 15.3. The van der Waals surface area contributed by atoms with E-state index in [1.807, 2.05) is 75.4 Å². The van der Waals surface area contributed by atoms with Crippen molar-refractivity contribution in [2.24, 2.45) is 40.9 Å². The van der Waals surface area contributed by atoms with E-state index < -0.39 is 120 Å². The van der Waals surface area contributed by atoms with Gasteiger partial charge in [0.2, 0.25) is 41.4 Å². The van der Waals surface area contributed by atoms with E-state index in [1.165, 1.54) is 4.90 Å². The van der Waals surface area contributed by atoms with Crippen molar-refractivity contribution >= 4 is 63.8 Å². The second kappa shape index (κ2) is 27.5. The Labute approximate surface area is 443 Å². The number of H-pyrrole nitrogens is 1. The van der Waals surface area contributed by atoms with Gasteiger partial charge < -0.3 is 48.4 Å². The molecule has 0 spiro atoms. The van der Waals surface area contributed by atoms with E-state index in [2.05, 4.69) is 36.6 Å². The summed E-state index contributed by atoms with van der Waals surface area (Å²) in [6, 6.07) is 10.7. The number of amides is 7. The van der Waals surface area contributed by atoms with Crippen LogP contribution in [0.1, 0.15) is 121 Å². The number of rotatable bonds is 16. The highest BCUT2D eigenvalue weighted by molar-refractivity contribution is 5.99. The molecule has 4 heterocycles. The van der Waals surface area contributed by atoms with E-state index in [9.17, 15) is 33.6 Å². The summed E-state index contributed by atoms with van der Waals surface area (Å²) in [5, 5.41) is 20.8. The van der Waals surface area contributed by atoms with Gasteiger partial charge in [-0.25, -0.2) is 4.68 Å². The number of hydrogen-bond donors (Lipinski definition) is 8. The lowest BCUT2D eigenvalue weighted by Crippen LogP contribution is -2.57. The molecule has 7 amide bonds. The lowest BCUT2D eigenvalue weighted by Gasteiger charge is -2.32. The van der Waals surface area contributed by atoms with Crippen LogP contribution in [0.15, 0.2) is 67.0 Å². The maximum Gasteiger partial charge on any atom is 0.243 e. The fraction of sp³-hybridized carbons (Fsp3) is 0.545. The van der Waals surface area contributed by atoms with Gasteiger partial charge in [0.1, 0.15) is 18.1 Å². The van der Waals surface area contributed by atoms with Crippen molar-refractivity contribution in [3.8, 4) is 0 Å². The molecule has 0 radical (unpaired) electrons. The van der Waals surface area contributed by atoms with Crippen molar-refractivity contribution < 1.29 is 43.2 Å². The van der Waals surface area contributed by atoms with Gasteiger partial charge in [-0.05, 0) is 67.6 Å². The molecule has 76 heavy (non-hydrogen) atoms. The van der Waals surface area contributed by atoms with E-state index in [1.54, 1.807) is 24.0 Å². The van der Waals surface area contributed by atoms with E-state index in [4.69, 9.17) is 17.2 Å². The quantitative estimate of drug-likeness (QED) is 0.0802. The van der Waals surface area contributed by atoms with E-state index in [-0.39, 0.29) is 57.5 Å². The fourth-order valence-electron chi connectivity index (χ4n) is 10.1. The summed E-state index contributed by atoms with van der Waals surface area (Å²) in [6.45, 7) is 7.45. The predicted octanol–water partition coefficient (Wildman–Crippen LogP) is 2.40. The van der Waals surface area contributed by atoms with Gasteiger partial charge in [0.25, 0.3) is 0 Å². The maximum absolute atomic E-state index is 15.3. The zero-order chi connectivity index (χ0) is 55.1. The van der Waals surface area contributed by atoms with Crippen LogP contribution in [-0.4, -0.2) is 121 Å². The van der Waals surface area contributed by atoms with Gasteiger partial charge in [0.05, 0.1) is 30.2 Å². The molecule has 2 saturated heterocycles. The fourth-order valence-corrected chi connectivity index (χ4v) is 10.1. The van der Waals surface area contributed by atoms with Crippen molar-refractivity contribution in [3.63, 3.8) is 0 Å². The van der Waals surface area contributed by atoms with Crippen LogP contribution < -0.4 is 38.5 Å². The Balaban J connectivity index is 1.37. The van der Waals surface area contributed by atoms with Crippen LogP contribution in [0.2, 0.25) is 0 Å². The minimum absolute atomic E-state index is 0.0201. The third-order valence-corrected chi connectivity index (χ3v) is 15.3. The van der Waals surface area contributed by atoms with E-state index in [0.717, 1.165) is 16.5 Å². The molecule has 2 aliphatic heterocycles. The molecular weight excluding hydrogens is 973 g/mol. The molecule has 21 nitrogen and oxygen atoms in total. The second-order valence-corrected chi connectivity index (χ2v) is 20.7. The first kappa shape index (κ1) is 58.0. The topological polar surface area (TPSA) is 330 Å². The predicted molar refractivity (Wildman–Crippen MR) is 283 cm³/mol. The first-order valence-corrected chi connectivity index (χ1v) is 26.7. The largest absolute Gasteiger partial charge is 0.370 e. The number of nitrogens with one attached hydrogen (secondary N) is 5. The maximum atomic E-state index is 15.3. The van der Waals surface area contributed by atoms with Gasteiger partial charge in [-0.15, -0.1) is 5.10 Å². The monoisotopic (exact) mass is 1050 g/mol. The summed E-state index contributed by atoms with van der Waals surface area (Å²) in [7, 11) is 0. The number of nitrogens with two attached hydrogens (primary N) is 3. The van der Waals surface area contributed by atoms with Crippen LogP contribution in [0.25, 0.3) is 10.9 Å². The zero-order valence-electron chi connectivity index (χ0n) is 44.1. The minimum Gasteiger partial charge on any atom is -0.370 e. The highest BCUT2D eigenvalue weighted by Gasteiger charge is 2.46. The van der Waals surface area contributed by atoms with Crippen molar-refractivity contribution in [2.75, 3.05) is 13.1 Å². The number of benzene rings is 2. The van der Waals surface area contributed by atoms with Crippen molar-refractivity contribution in [2.45, 2.75) is 154 Å². The standard InChI is InChI=1S/C55H76N12O9/c1-5-32(3)40-27-46(68)43(28-48(56)70)62-52(73)35(25-47(69)50(57)33(4)6-2)20-22-49(71)59-23-13-12-18-42(51(58)72)61-53(74)44(24-36-29-60-41-17-11-10-16-39(36)41)63-54(75)45-26-38(31-66(45)55(40)76)67-30-37(64-65-67)21-19-34-14-8-7-9-15-34/h7-11,14-17,29-30,32-33,35,38,40,42-45,50,60H,5-6,12-13,18-28,31,57H2,1-4H3,(H2,56,70)(H2,58,72)(H,59,71)(H,61,74)(H,62,73)(H,63,75)/t32-,33-,35+,38-,40-,42-,43-,44-,45-,50-/m0/s1. The van der Waals surface area contributed by atoms with Crippen LogP contribution in [0.5, 0.6) is 0 Å². The number of aromatic amines is 1. The average molecular weight is 1050 g/mol.